The minimum atomic E-state index is -5.02. The number of halogens is 6. The predicted molar refractivity (Wildman–Crippen MR) is 124 cm³/mol. The Balaban J connectivity index is 1.68. The van der Waals surface area contributed by atoms with Crippen molar-refractivity contribution in [2.45, 2.75) is 44.6 Å². The average molecular weight is 550 g/mol. The fourth-order valence-corrected chi connectivity index (χ4v) is 4.18. The number of carbonyl (C=O) groups is 2. The fraction of sp³-hybridized carbons (Fsp3) is 0.435. The molecule has 1 saturated heterocycles. The van der Waals surface area contributed by atoms with Gasteiger partial charge in [0.05, 0.1) is 17.3 Å². The van der Waals surface area contributed by atoms with E-state index in [2.05, 4.69) is 24.6 Å². The first-order valence-electron chi connectivity index (χ1n) is 11.1. The van der Waals surface area contributed by atoms with Crippen LogP contribution in [0.15, 0.2) is 36.5 Å². The predicted octanol–water partition coefficient (Wildman–Crippen LogP) is 5.78. The van der Waals surface area contributed by atoms with Crippen molar-refractivity contribution >= 4 is 25.8 Å². The SMILES string of the molecule is C[Si](C)(C)CCOCN1C(=O)CN(c2ccc(OCc3c(C(F)(F)F)cccc3C(F)(F)F)cn2)C1=O. The lowest BCUT2D eigenvalue weighted by molar-refractivity contribution is -0.145. The monoisotopic (exact) mass is 549 g/mol. The molecule has 1 fully saturated rings. The number of anilines is 1. The Morgan fingerprint density at radius 2 is 1.59 bits per heavy atom. The van der Waals surface area contributed by atoms with E-state index >= 15 is 0 Å². The number of nitrogens with zero attached hydrogens (tertiary/aromatic N) is 3. The third-order valence-corrected chi connectivity index (χ3v) is 7.14. The number of amides is 3. The first kappa shape index (κ1) is 28.4. The highest BCUT2D eigenvalue weighted by Gasteiger charge is 2.41. The Morgan fingerprint density at radius 1 is 0.973 bits per heavy atom. The Kier molecular flexibility index (Phi) is 8.22. The number of hydrogen-bond acceptors (Lipinski definition) is 5. The molecule has 3 rings (SSSR count). The van der Waals surface area contributed by atoms with Gasteiger partial charge in [0, 0.05) is 20.2 Å². The molecule has 0 N–H and O–H groups in total. The summed E-state index contributed by atoms with van der Waals surface area (Å²) < 4.78 is 90.5. The smallest absolute Gasteiger partial charge is 0.416 e. The van der Waals surface area contributed by atoms with Gasteiger partial charge in [0.1, 0.15) is 31.4 Å². The lowest BCUT2D eigenvalue weighted by Crippen LogP contribution is -2.35. The third-order valence-electron chi connectivity index (χ3n) is 5.44. The highest BCUT2D eigenvalue weighted by atomic mass is 28.3. The number of imide groups is 1. The standard InChI is InChI=1S/C23H25F6N3O4Si/c1-37(2,3)10-9-35-14-32-20(33)12-31(21(32)34)19-8-7-15(11-30-19)36-13-16-17(22(24,25)26)5-4-6-18(16)23(27,28)29/h4-8,11H,9-10,12-14H2,1-3H3. The zero-order valence-electron chi connectivity index (χ0n) is 20.2. The highest BCUT2D eigenvalue weighted by molar-refractivity contribution is 6.76. The number of urea groups is 1. The van der Waals surface area contributed by atoms with Gasteiger partial charge < -0.3 is 9.47 Å². The van der Waals surface area contributed by atoms with Gasteiger partial charge in [0.2, 0.25) is 0 Å². The zero-order chi connectivity index (χ0) is 27.6. The summed E-state index contributed by atoms with van der Waals surface area (Å²) >= 11 is 0. The minimum Gasteiger partial charge on any atom is -0.487 e. The van der Waals surface area contributed by atoms with Gasteiger partial charge >= 0.3 is 18.4 Å². The number of ether oxygens (including phenoxy) is 2. The van der Waals surface area contributed by atoms with E-state index in [9.17, 15) is 35.9 Å². The second-order valence-corrected chi connectivity index (χ2v) is 15.1. The lowest BCUT2D eigenvalue weighted by atomic mass is 10.0. The number of pyridine rings is 1. The van der Waals surface area contributed by atoms with Crippen molar-refractivity contribution in [2.75, 3.05) is 24.8 Å². The molecule has 7 nitrogen and oxygen atoms in total. The number of aromatic nitrogens is 1. The Labute approximate surface area is 210 Å². The molecule has 2 heterocycles. The molecule has 2 aromatic rings. The van der Waals surface area contributed by atoms with Gasteiger partial charge in [-0.15, -0.1) is 0 Å². The molecular weight excluding hydrogens is 524 g/mol. The molecule has 0 atom stereocenters. The summed E-state index contributed by atoms with van der Waals surface area (Å²) in [6, 6.07) is 4.48. The van der Waals surface area contributed by atoms with Gasteiger partial charge in [-0.3, -0.25) is 9.69 Å². The molecule has 0 bridgehead atoms. The lowest BCUT2D eigenvalue weighted by Gasteiger charge is -2.19. The Hall–Kier alpha value is -3.13. The van der Waals surface area contributed by atoms with E-state index in [1.54, 1.807) is 0 Å². The van der Waals surface area contributed by atoms with Crippen molar-refractivity contribution in [3.8, 4) is 5.75 Å². The number of hydrogen-bond donors (Lipinski definition) is 0. The van der Waals surface area contributed by atoms with Crippen LogP contribution in [0.5, 0.6) is 5.75 Å². The van der Waals surface area contributed by atoms with E-state index in [1.807, 2.05) is 0 Å². The molecule has 202 valence electrons. The molecule has 1 aromatic heterocycles. The van der Waals surface area contributed by atoms with Crippen LogP contribution in [0.25, 0.3) is 0 Å². The van der Waals surface area contributed by atoms with Crippen LogP contribution in [-0.4, -0.2) is 49.8 Å². The zero-order valence-corrected chi connectivity index (χ0v) is 21.2. The van der Waals surface area contributed by atoms with Crippen LogP contribution < -0.4 is 9.64 Å². The normalized spacial score (nSPS) is 15.1. The quantitative estimate of drug-likeness (QED) is 0.172. The van der Waals surface area contributed by atoms with E-state index in [0.29, 0.717) is 24.8 Å². The van der Waals surface area contributed by atoms with Crippen LogP contribution in [0.3, 0.4) is 0 Å². The number of alkyl halides is 6. The van der Waals surface area contributed by atoms with Crippen molar-refractivity contribution in [3.05, 3.63) is 53.2 Å². The molecule has 1 aromatic carbocycles. The maximum atomic E-state index is 13.3. The molecule has 1 aliphatic heterocycles. The third kappa shape index (κ3) is 7.22. The molecule has 37 heavy (non-hydrogen) atoms. The van der Waals surface area contributed by atoms with E-state index in [-0.39, 0.29) is 24.8 Å². The van der Waals surface area contributed by atoms with Crippen LogP contribution in [0, 0.1) is 0 Å². The average Bonchev–Trinajstić information content (AvgIpc) is 3.07. The molecule has 0 aliphatic carbocycles. The van der Waals surface area contributed by atoms with E-state index in [4.69, 9.17) is 9.47 Å². The maximum Gasteiger partial charge on any atom is 0.416 e. The van der Waals surface area contributed by atoms with Crippen molar-refractivity contribution in [1.29, 1.82) is 0 Å². The molecule has 1 aliphatic rings. The van der Waals surface area contributed by atoms with Crippen molar-refractivity contribution in [1.82, 2.24) is 9.88 Å². The highest BCUT2D eigenvalue weighted by Crippen LogP contribution is 2.39. The van der Waals surface area contributed by atoms with Crippen LogP contribution in [0.2, 0.25) is 25.7 Å². The van der Waals surface area contributed by atoms with Gasteiger partial charge in [0.25, 0.3) is 5.91 Å². The van der Waals surface area contributed by atoms with Gasteiger partial charge in [-0.2, -0.15) is 26.3 Å². The molecule has 0 radical (unpaired) electrons. The topological polar surface area (TPSA) is 72.0 Å². The summed E-state index contributed by atoms with van der Waals surface area (Å²) in [5.74, 6) is -0.566. The second-order valence-electron chi connectivity index (χ2n) is 9.51. The van der Waals surface area contributed by atoms with Crippen LogP contribution in [-0.2, 0) is 28.5 Å². The molecular formula is C23H25F6N3O4Si. The van der Waals surface area contributed by atoms with Gasteiger partial charge in [0.15, 0.2) is 0 Å². The van der Waals surface area contributed by atoms with Gasteiger partial charge in [-0.05, 0) is 30.3 Å². The minimum absolute atomic E-state index is 0.0574. The largest absolute Gasteiger partial charge is 0.487 e. The summed E-state index contributed by atoms with van der Waals surface area (Å²) in [5, 5.41) is 0. The van der Waals surface area contributed by atoms with Gasteiger partial charge in [-0.25, -0.2) is 14.7 Å². The number of rotatable bonds is 9. The summed E-state index contributed by atoms with van der Waals surface area (Å²) in [6.07, 6.45) is -8.99. The molecule has 0 spiro atoms. The second kappa shape index (κ2) is 10.7. The summed E-state index contributed by atoms with van der Waals surface area (Å²) in [6.45, 7) is 5.37. The fourth-order valence-electron chi connectivity index (χ4n) is 3.43. The van der Waals surface area contributed by atoms with Crippen LogP contribution >= 0.6 is 0 Å². The van der Waals surface area contributed by atoms with Gasteiger partial charge in [-0.1, -0.05) is 25.7 Å². The summed E-state index contributed by atoms with van der Waals surface area (Å²) in [7, 11) is -1.35. The van der Waals surface area contributed by atoms with Crippen LogP contribution in [0.4, 0.5) is 37.0 Å². The van der Waals surface area contributed by atoms with Crippen molar-refractivity contribution < 1.29 is 45.4 Å². The molecule has 0 unspecified atom stereocenters. The van der Waals surface area contributed by atoms with Crippen molar-refractivity contribution in [3.63, 3.8) is 0 Å². The first-order valence-corrected chi connectivity index (χ1v) is 14.8. The van der Waals surface area contributed by atoms with E-state index < -0.39 is 55.7 Å². The first-order chi connectivity index (χ1) is 17.1. The Bertz CT molecular complexity index is 1100. The summed E-state index contributed by atoms with van der Waals surface area (Å²) in [4.78, 5) is 30.9. The molecule has 14 heteroatoms. The van der Waals surface area contributed by atoms with E-state index in [1.165, 1.54) is 12.1 Å². The maximum absolute atomic E-state index is 13.3. The summed E-state index contributed by atoms with van der Waals surface area (Å²) in [5.41, 5.74) is -3.97. The molecule has 0 saturated carbocycles. The Morgan fingerprint density at radius 3 is 2.11 bits per heavy atom. The van der Waals surface area contributed by atoms with Crippen LogP contribution in [0.1, 0.15) is 16.7 Å². The number of carbonyl (C=O) groups excluding carboxylic acids is 2. The molecule has 3 amide bonds. The van der Waals surface area contributed by atoms with E-state index in [0.717, 1.165) is 22.0 Å². The van der Waals surface area contributed by atoms with Crippen molar-refractivity contribution in [2.24, 2.45) is 0 Å². The number of benzene rings is 1.